The smallest absolute Gasteiger partial charge is 0.167 e. The molecule has 0 fully saturated rings. The van der Waals surface area contributed by atoms with Crippen LogP contribution in [0.25, 0.3) is 0 Å². The van der Waals surface area contributed by atoms with Crippen molar-refractivity contribution in [3.05, 3.63) is 35.1 Å². The summed E-state index contributed by atoms with van der Waals surface area (Å²) in [6.45, 7) is 6.46. The van der Waals surface area contributed by atoms with E-state index < -0.39 is 5.82 Å². The number of ketones is 1. The zero-order chi connectivity index (χ0) is 12.1. The molecular weight excluding hydrogens is 205 g/mol. The minimum atomic E-state index is -0.430. The minimum Gasteiger partial charge on any atom is -0.314 e. The molecule has 0 saturated carbocycles. The second-order valence-electron chi connectivity index (χ2n) is 4.27. The molecule has 0 heterocycles. The average Bonchev–Trinajstić information content (AvgIpc) is 2.21. The van der Waals surface area contributed by atoms with Crippen molar-refractivity contribution in [3.8, 4) is 0 Å². The number of carbonyl (C=O) groups excluding carboxylic acids is 1. The SMILES string of the molecule is Cc1ccc(F)c(C(=O)CCNC(C)C)c1. The number of aryl methyl sites for hydroxylation is 1. The number of benzene rings is 1. The molecule has 88 valence electrons. The molecule has 2 nitrogen and oxygen atoms in total. The number of hydrogen-bond donors (Lipinski definition) is 1. The summed E-state index contributed by atoms with van der Waals surface area (Å²) in [5.74, 6) is -0.575. The van der Waals surface area contributed by atoms with E-state index in [-0.39, 0.29) is 11.3 Å². The van der Waals surface area contributed by atoms with Crippen molar-refractivity contribution in [2.45, 2.75) is 33.2 Å². The Balaban J connectivity index is 2.62. The number of Topliss-reactive ketones (excluding diaryl/α,β-unsaturated/α-hetero) is 1. The van der Waals surface area contributed by atoms with E-state index in [0.717, 1.165) is 5.56 Å². The summed E-state index contributed by atoms with van der Waals surface area (Å²) >= 11 is 0. The van der Waals surface area contributed by atoms with Gasteiger partial charge in [0.1, 0.15) is 5.82 Å². The molecule has 0 radical (unpaired) electrons. The lowest BCUT2D eigenvalue weighted by Crippen LogP contribution is -2.25. The molecule has 16 heavy (non-hydrogen) atoms. The number of rotatable bonds is 5. The van der Waals surface area contributed by atoms with E-state index >= 15 is 0 Å². The third kappa shape index (κ3) is 3.74. The van der Waals surface area contributed by atoms with Crippen LogP contribution in [0.15, 0.2) is 18.2 Å². The lowest BCUT2D eigenvalue weighted by atomic mass is 10.0. The summed E-state index contributed by atoms with van der Waals surface area (Å²) in [6, 6.07) is 4.96. The summed E-state index contributed by atoms with van der Waals surface area (Å²) in [5.41, 5.74) is 1.10. The highest BCUT2D eigenvalue weighted by Crippen LogP contribution is 2.12. The van der Waals surface area contributed by atoms with E-state index in [0.29, 0.717) is 19.0 Å². The minimum absolute atomic E-state index is 0.144. The highest BCUT2D eigenvalue weighted by atomic mass is 19.1. The Morgan fingerprint density at radius 2 is 2.12 bits per heavy atom. The second-order valence-corrected chi connectivity index (χ2v) is 4.27. The van der Waals surface area contributed by atoms with E-state index in [2.05, 4.69) is 5.32 Å². The quantitative estimate of drug-likeness (QED) is 0.778. The van der Waals surface area contributed by atoms with Crippen molar-refractivity contribution >= 4 is 5.78 Å². The summed E-state index contributed by atoms with van der Waals surface area (Å²) < 4.78 is 13.4. The summed E-state index contributed by atoms with van der Waals surface area (Å²) in [7, 11) is 0. The number of hydrogen-bond acceptors (Lipinski definition) is 2. The van der Waals surface area contributed by atoms with Gasteiger partial charge in [-0.1, -0.05) is 25.5 Å². The van der Waals surface area contributed by atoms with E-state index in [4.69, 9.17) is 0 Å². The highest BCUT2D eigenvalue weighted by Gasteiger charge is 2.11. The largest absolute Gasteiger partial charge is 0.314 e. The van der Waals surface area contributed by atoms with Gasteiger partial charge in [-0.25, -0.2) is 4.39 Å². The van der Waals surface area contributed by atoms with Crippen molar-refractivity contribution in [1.82, 2.24) is 5.32 Å². The molecule has 0 aliphatic carbocycles. The van der Waals surface area contributed by atoms with Crippen molar-refractivity contribution in [2.24, 2.45) is 0 Å². The van der Waals surface area contributed by atoms with Crippen LogP contribution in [0.4, 0.5) is 4.39 Å². The monoisotopic (exact) mass is 223 g/mol. The second kappa shape index (κ2) is 5.75. The van der Waals surface area contributed by atoms with Gasteiger partial charge in [0.25, 0.3) is 0 Å². The van der Waals surface area contributed by atoms with Crippen LogP contribution in [0.5, 0.6) is 0 Å². The predicted molar refractivity (Wildman–Crippen MR) is 63.2 cm³/mol. The fraction of sp³-hybridized carbons (Fsp3) is 0.462. The number of nitrogens with one attached hydrogen (secondary N) is 1. The van der Waals surface area contributed by atoms with Crippen LogP contribution >= 0.6 is 0 Å². The lowest BCUT2D eigenvalue weighted by molar-refractivity contribution is 0.0978. The van der Waals surface area contributed by atoms with Crippen molar-refractivity contribution in [1.29, 1.82) is 0 Å². The van der Waals surface area contributed by atoms with Gasteiger partial charge >= 0.3 is 0 Å². The number of halogens is 1. The first-order valence-corrected chi connectivity index (χ1v) is 5.53. The Labute approximate surface area is 95.9 Å². The fourth-order valence-corrected chi connectivity index (χ4v) is 1.46. The average molecular weight is 223 g/mol. The Hall–Kier alpha value is -1.22. The van der Waals surface area contributed by atoms with Crippen LogP contribution in [0.1, 0.15) is 36.2 Å². The van der Waals surface area contributed by atoms with Gasteiger partial charge in [0.2, 0.25) is 0 Å². The normalized spacial score (nSPS) is 10.8. The van der Waals surface area contributed by atoms with Crippen LogP contribution in [-0.4, -0.2) is 18.4 Å². The molecule has 0 aliphatic heterocycles. The maximum absolute atomic E-state index is 13.4. The standard InChI is InChI=1S/C13H18FNO/c1-9(2)15-7-6-13(16)11-8-10(3)4-5-12(11)14/h4-5,8-9,15H,6-7H2,1-3H3. The molecule has 0 unspecified atom stereocenters. The van der Waals surface area contributed by atoms with Crippen LogP contribution in [0.2, 0.25) is 0 Å². The first kappa shape index (κ1) is 12.8. The first-order chi connectivity index (χ1) is 7.50. The molecule has 0 amide bonds. The fourth-order valence-electron chi connectivity index (χ4n) is 1.46. The summed E-state index contributed by atoms with van der Waals surface area (Å²) in [6.07, 6.45) is 0.332. The van der Waals surface area contributed by atoms with E-state index in [9.17, 15) is 9.18 Å². The zero-order valence-electron chi connectivity index (χ0n) is 10.0. The maximum Gasteiger partial charge on any atom is 0.167 e. The van der Waals surface area contributed by atoms with Crippen molar-refractivity contribution in [3.63, 3.8) is 0 Å². The third-order valence-electron chi connectivity index (χ3n) is 2.33. The molecule has 0 aliphatic rings. The summed E-state index contributed by atoms with van der Waals surface area (Å²) in [5, 5.41) is 3.14. The van der Waals surface area contributed by atoms with Crippen LogP contribution in [0, 0.1) is 12.7 Å². The number of carbonyl (C=O) groups is 1. The van der Waals surface area contributed by atoms with Gasteiger partial charge in [0, 0.05) is 19.0 Å². The van der Waals surface area contributed by atoms with E-state index in [1.807, 2.05) is 20.8 Å². The van der Waals surface area contributed by atoms with Crippen molar-refractivity contribution < 1.29 is 9.18 Å². The zero-order valence-corrected chi connectivity index (χ0v) is 10.0. The van der Waals surface area contributed by atoms with Crippen LogP contribution < -0.4 is 5.32 Å². The summed E-state index contributed by atoms with van der Waals surface area (Å²) in [4.78, 5) is 11.7. The Bertz CT molecular complexity index is 374. The Morgan fingerprint density at radius 3 is 2.75 bits per heavy atom. The van der Waals surface area contributed by atoms with E-state index in [1.165, 1.54) is 6.07 Å². The molecular formula is C13H18FNO. The molecule has 1 aromatic carbocycles. The molecule has 0 bridgehead atoms. The predicted octanol–water partition coefficient (Wildman–Crippen LogP) is 2.70. The van der Waals surface area contributed by atoms with Gasteiger partial charge in [0.05, 0.1) is 5.56 Å². The molecule has 0 spiro atoms. The van der Waals surface area contributed by atoms with Crippen LogP contribution in [-0.2, 0) is 0 Å². The Morgan fingerprint density at radius 1 is 1.44 bits per heavy atom. The van der Waals surface area contributed by atoms with Crippen molar-refractivity contribution in [2.75, 3.05) is 6.54 Å². The molecule has 0 atom stereocenters. The molecule has 1 N–H and O–H groups in total. The van der Waals surface area contributed by atoms with Crippen LogP contribution in [0.3, 0.4) is 0 Å². The van der Waals surface area contributed by atoms with Gasteiger partial charge in [0.15, 0.2) is 5.78 Å². The maximum atomic E-state index is 13.4. The van der Waals surface area contributed by atoms with Gasteiger partial charge in [-0.2, -0.15) is 0 Å². The molecule has 0 aromatic heterocycles. The molecule has 1 aromatic rings. The third-order valence-corrected chi connectivity index (χ3v) is 2.33. The van der Waals surface area contributed by atoms with Gasteiger partial charge in [-0.05, 0) is 19.1 Å². The molecule has 0 saturated heterocycles. The highest BCUT2D eigenvalue weighted by molar-refractivity contribution is 5.96. The molecule has 3 heteroatoms. The van der Waals surface area contributed by atoms with E-state index in [1.54, 1.807) is 12.1 Å². The molecule has 1 rings (SSSR count). The van der Waals surface area contributed by atoms with Gasteiger partial charge in [-0.15, -0.1) is 0 Å². The van der Waals surface area contributed by atoms with Gasteiger partial charge in [-0.3, -0.25) is 4.79 Å². The Kier molecular flexibility index (Phi) is 4.62. The lowest BCUT2D eigenvalue weighted by Gasteiger charge is -2.08. The first-order valence-electron chi connectivity index (χ1n) is 5.53. The van der Waals surface area contributed by atoms with Gasteiger partial charge < -0.3 is 5.32 Å². The topological polar surface area (TPSA) is 29.1 Å².